The third kappa shape index (κ3) is 3.62. The smallest absolute Gasteiger partial charge is 0.233 e. The van der Waals surface area contributed by atoms with Gasteiger partial charge in [-0.1, -0.05) is 17.7 Å². The van der Waals surface area contributed by atoms with Crippen LogP contribution in [0.25, 0.3) is 0 Å². The van der Waals surface area contributed by atoms with E-state index in [1.807, 2.05) is 26.2 Å². The molecule has 0 unspecified atom stereocenters. The fourth-order valence-electron chi connectivity index (χ4n) is 2.81. The maximum atomic E-state index is 12.5. The predicted molar refractivity (Wildman–Crippen MR) is 92.7 cm³/mol. The fourth-order valence-corrected chi connectivity index (χ4v) is 4.13. The van der Waals surface area contributed by atoms with Gasteiger partial charge in [-0.25, -0.2) is 0 Å². The van der Waals surface area contributed by atoms with Crippen molar-refractivity contribution in [3.8, 4) is 0 Å². The van der Waals surface area contributed by atoms with Crippen LogP contribution in [0.5, 0.6) is 0 Å². The van der Waals surface area contributed by atoms with Gasteiger partial charge in [0.1, 0.15) is 5.76 Å². The molecule has 122 valence electrons. The second kappa shape index (κ2) is 6.81. The largest absolute Gasteiger partial charge is 0.468 e. The van der Waals surface area contributed by atoms with Gasteiger partial charge in [0, 0.05) is 11.4 Å². The van der Waals surface area contributed by atoms with Crippen LogP contribution in [-0.4, -0.2) is 36.7 Å². The van der Waals surface area contributed by atoms with E-state index in [-0.39, 0.29) is 17.2 Å². The third-order valence-electron chi connectivity index (χ3n) is 4.15. The highest BCUT2D eigenvalue weighted by atomic mass is 32.2. The van der Waals surface area contributed by atoms with Crippen molar-refractivity contribution in [3.05, 3.63) is 53.5 Å². The maximum absolute atomic E-state index is 12.5. The highest BCUT2D eigenvalue weighted by Crippen LogP contribution is 2.37. The van der Waals surface area contributed by atoms with Crippen LogP contribution in [0, 0.1) is 6.92 Å². The van der Waals surface area contributed by atoms with E-state index < -0.39 is 0 Å². The number of hydrogen-bond acceptors (Lipinski definition) is 4. The second-order valence-electron chi connectivity index (χ2n) is 6.16. The standard InChI is InChI=1S/C18H22N2O2S/c1-12-6-7-13-10-17(23-16(13)9-12)18(21)19-11-14(20(2)3)15-5-4-8-22-15/h4-9,14,17H,10-11H2,1-3H3,(H,19,21)/t14-,17-/m1/s1. The Morgan fingerprint density at radius 3 is 2.96 bits per heavy atom. The van der Waals surface area contributed by atoms with Crippen molar-refractivity contribution in [1.29, 1.82) is 0 Å². The van der Waals surface area contributed by atoms with Gasteiger partial charge in [-0.05, 0) is 51.2 Å². The lowest BCUT2D eigenvalue weighted by atomic mass is 10.1. The van der Waals surface area contributed by atoms with Crippen LogP contribution in [0.2, 0.25) is 0 Å². The molecule has 0 saturated heterocycles. The summed E-state index contributed by atoms with van der Waals surface area (Å²) in [6.07, 6.45) is 2.47. The van der Waals surface area contributed by atoms with E-state index in [1.54, 1.807) is 18.0 Å². The van der Waals surface area contributed by atoms with Gasteiger partial charge in [0.05, 0.1) is 17.6 Å². The molecule has 2 heterocycles. The van der Waals surface area contributed by atoms with Gasteiger partial charge in [0.15, 0.2) is 0 Å². The molecular formula is C18H22N2O2S. The normalized spacial score (nSPS) is 18.0. The zero-order valence-corrected chi connectivity index (χ0v) is 14.5. The van der Waals surface area contributed by atoms with Gasteiger partial charge in [0.25, 0.3) is 0 Å². The average molecular weight is 330 g/mol. The molecule has 4 nitrogen and oxygen atoms in total. The number of hydrogen-bond donors (Lipinski definition) is 1. The molecule has 1 N–H and O–H groups in total. The lowest BCUT2D eigenvalue weighted by Gasteiger charge is -2.23. The molecule has 1 amide bonds. The van der Waals surface area contributed by atoms with Gasteiger partial charge < -0.3 is 9.73 Å². The molecule has 0 aliphatic carbocycles. The number of aryl methyl sites for hydroxylation is 1. The Kier molecular flexibility index (Phi) is 4.78. The minimum atomic E-state index is -0.0359. The Morgan fingerprint density at radius 2 is 2.26 bits per heavy atom. The number of rotatable bonds is 5. The van der Waals surface area contributed by atoms with Gasteiger partial charge in [-0.15, -0.1) is 11.8 Å². The first kappa shape index (κ1) is 16.1. The van der Waals surface area contributed by atoms with E-state index in [0.29, 0.717) is 6.54 Å². The van der Waals surface area contributed by atoms with Crippen LogP contribution in [-0.2, 0) is 11.2 Å². The SMILES string of the molecule is Cc1ccc2c(c1)S[C@@H](C(=O)NC[C@H](c1ccco1)N(C)C)C2. The summed E-state index contributed by atoms with van der Waals surface area (Å²) in [5.41, 5.74) is 2.51. The quantitative estimate of drug-likeness (QED) is 0.915. The lowest BCUT2D eigenvalue weighted by Crippen LogP contribution is -2.38. The molecule has 2 aromatic rings. The number of fused-ring (bicyclic) bond motifs is 1. The van der Waals surface area contributed by atoms with Gasteiger partial charge >= 0.3 is 0 Å². The van der Waals surface area contributed by atoms with Crippen molar-refractivity contribution in [1.82, 2.24) is 10.2 Å². The van der Waals surface area contributed by atoms with Crippen molar-refractivity contribution in [2.75, 3.05) is 20.6 Å². The zero-order valence-electron chi connectivity index (χ0n) is 13.7. The summed E-state index contributed by atoms with van der Waals surface area (Å²) in [5, 5.41) is 3.05. The summed E-state index contributed by atoms with van der Waals surface area (Å²) in [5.74, 6) is 0.968. The predicted octanol–water partition coefficient (Wildman–Crippen LogP) is 3.02. The number of carbonyl (C=O) groups is 1. The van der Waals surface area contributed by atoms with Crippen LogP contribution in [0.1, 0.15) is 22.9 Å². The molecule has 0 saturated carbocycles. The zero-order chi connectivity index (χ0) is 16.4. The molecule has 23 heavy (non-hydrogen) atoms. The molecule has 1 aromatic heterocycles. The summed E-state index contributed by atoms with van der Waals surface area (Å²) in [6.45, 7) is 2.63. The minimum absolute atomic E-state index is 0.0359. The summed E-state index contributed by atoms with van der Waals surface area (Å²) in [7, 11) is 3.98. The summed E-state index contributed by atoms with van der Waals surface area (Å²) >= 11 is 1.67. The number of nitrogens with one attached hydrogen (secondary N) is 1. The Hall–Kier alpha value is -1.72. The summed E-state index contributed by atoms with van der Waals surface area (Å²) < 4.78 is 5.48. The van der Waals surface area contributed by atoms with Gasteiger partial charge in [-0.3, -0.25) is 9.69 Å². The van der Waals surface area contributed by atoms with Gasteiger partial charge in [-0.2, -0.15) is 0 Å². The average Bonchev–Trinajstić information content (AvgIpc) is 3.15. The number of likely N-dealkylation sites (N-methyl/N-ethyl adjacent to an activating group) is 1. The van der Waals surface area contributed by atoms with Crippen LogP contribution in [0.15, 0.2) is 45.9 Å². The van der Waals surface area contributed by atoms with E-state index in [2.05, 4.69) is 35.3 Å². The Bertz CT molecular complexity index is 682. The molecule has 1 aromatic carbocycles. The molecule has 0 spiro atoms. The monoisotopic (exact) mass is 330 g/mol. The van der Waals surface area contributed by atoms with Gasteiger partial charge in [0.2, 0.25) is 5.91 Å². The van der Waals surface area contributed by atoms with E-state index in [1.165, 1.54) is 16.0 Å². The summed E-state index contributed by atoms with van der Waals surface area (Å²) in [6, 6.07) is 10.3. The molecule has 1 aliphatic rings. The second-order valence-corrected chi connectivity index (χ2v) is 7.41. The number of thioether (sulfide) groups is 1. The highest BCUT2D eigenvalue weighted by molar-refractivity contribution is 8.01. The number of benzene rings is 1. The van der Waals surface area contributed by atoms with E-state index in [0.717, 1.165) is 12.2 Å². The number of amides is 1. The highest BCUT2D eigenvalue weighted by Gasteiger charge is 2.29. The van der Waals surface area contributed by atoms with E-state index in [4.69, 9.17) is 4.42 Å². The molecule has 2 atom stereocenters. The number of furan rings is 1. The molecule has 3 rings (SSSR count). The topological polar surface area (TPSA) is 45.5 Å². The van der Waals surface area contributed by atoms with Crippen molar-refractivity contribution in [2.45, 2.75) is 29.5 Å². The number of nitrogens with zero attached hydrogens (tertiary/aromatic N) is 1. The van der Waals surface area contributed by atoms with Crippen LogP contribution in [0.4, 0.5) is 0 Å². The molecule has 0 bridgehead atoms. The first-order chi connectivity index (χ1) is 11.0. The van der Waals surface area contributed by atoms with Crippen LogP contribution in [0.3, 0.4) is 0 Å². The Morgan fingerprint density at radius 1 is 1.43 bits per heavy atom. The van der Waals surface area contributed by atoms with E-state index in [9.17, 15) is 4.79 Å². The van der Waals surface area contributed by atoms with Crippen molar-refractivity contribution in [3.63, 3.8) is 0 Å². The molecule has 1 aliphatic heterocycles. The first-order valence-electron chi connectivity index (χ1n) is 7.78. The molecule has 0 fully saturated rings. The molecule has 5 heteroatoms. The third-order valence-corrected chi connectivity index (χ3v) is 5.45. The number of carbonyl (C=O) groups excluding carboxylic acids is 1. The van der Waals surface area contributed by atoms with Crippen LogP contribution < -0.4 is 5.32 Å². The first-order valence-corrected chi connectivity index (χ1v) is 8.66. The maximum Gasteiger partial charge on any atom is 0.233 e. The Labute approximate surface area is 141 Å². The van der Waals surface area contributed by atoms with Crippen molar-refractivity contribution >= 4 is 17.7 Å². The minimum Gasteiger partial charge on any atom is -0.468 e. The molecule has 0 radical (unpaired) electrons. The molecular weight excluding hydrogens is 308 g/mol. The van der Waals surface area contributed by atoms with E-state index >= 15 is 0 Å². The fraction of sp³-hybridized carbons (Fsp3) is 0.389. The lowest BCUT2D eigenvalue weighted by molar-refractivity contribution is -0.120. The van der Waals surface area contributed by atoms with Crippen LogP contribution >= 0.6 is 11.8 Å². The Balaban J connectivity index is 1.60. The summed E-state index contributed by atoms with van der Waals surface area (Å²) in [4.78, 5) is 15.8. The van der Waals surface area contributed by atoms with Crippen molar-refractivity contribution in [2.24, 2.45) is 0 Å². The van der Waals surface area contributed by atoms with Crippen molar-refractivity contribution < 1.29 is 9.21 Å².